The lowest BCUT2D eigenvalue weighted by molar-refractivity contribution is 0.102. The van der Waals surface area contributed by atoms with Crippen LogP contribution >= 0.6 is 11.6 Å². The van der Waals surface area contributed by atoms with Crippen LogP contribution in [0.15, 0.2) is 71.6 Å². The van der Waals surface area contributed by atoms with Crippen molar-refractivity contribution in [2.45, 2.75) is 17.7 Å². The summed E-state index contributed by atoms with van der Waals surface area (Å²) in [6.07, 6.45) is 1.32. The van der Waals surface area contributed by atoms with Gasteiger partial charge in [0, 0.05) is 22.8 Å². The van der Waals surface area contributed by atoms with Crippen LogP contribution in [-0.2, 0) is 16.4 Å². The molecule has 3 aromatic carbocycles. The Labute approximate surface area is 185 Å². The second-order valence-electron chi connectivity index (χ2n) is 7.12. The molecule has 0 radical (unpaired) electrons. The van der Waals surface area contributed by atoms with Crippen molar-refractivity contribution in [3.05, 3.63) is 88.4 Å². The summed E-state index contributed by atoms with van der Waals surface area (Å²) in [6.45, 7) is 0.366. The van der Waals surface area contributed by atoms with E-state index in [1.54, 1.807) is 54.6 Å². The highest BCUT2D eigenvalue weighted by Crippen LogP contribution is 2.33. The minimum atomic E-state index is -3.74. The molecule has 0 unspecified atom stereocenters. The number of benzene rings is 3. The van der Waals surface area contributed by atoms with E-state index >= 15 is 0 Å². The first kappa shape index (κ1) is 20.9. The van der Waals surface area contributed by atoms with Gasteiger partial charge in [-0.05, 0) is 79.1 Å². The quantitative estimate of drug-likeness (QED) is 0.627. The topological polar surface area (TPSA) is 90.3 Å². The molecule has 1 N–H and O–H groups in total. The standard InChI is InChI=1S/C23H18ClN3O3S/c24-19-7-9-21(10-8-19)31(29,30)27-12-2-4-17-14-18(6-11-22(17)27)23(28)26-20-5-1-3-16(13-20)15-25/h1,3,5-11,13-14H,2,4,12H2,(H,26,28). The highest BCUT2D eigenvalue weighted by molar-refractivity contribution is 7.92. The maximum Gasteiger partial charge on any atom is 0.264 e. The van der Waals surface area contributed by atoms with E-state index in [0.29, 0.717) is 46.9 Å². The van der Waals surface area contributed by atoms with Crippen molar-refractivity contribution < 1.29 is 13.2 Å². The number of nitrogens with one attached hydrogen (secondary N) is 1. The van der Waals surface area contributed by atoms with Crippen molar-refractivity contribution in [1.29, 1.82) is 5.26 Å². The molecule has 0 atom stereocenters. The van der Waals surface area contributed by atoms with Gasteiger partial charge in [0.05, 0.1) is 22.2 Å². The number of hydrogen-bond acceptors (Lipinski definition) is 4. The van der Waals surface area contributed by atoms with Crippen LogP contribution < -0.4 is 9.62 Å². The normalized spacial score (nSPS) is 13.2. The molecule has 0 bridgehead atoms. The maximum absolute atomic E-state index is 13.2. The Bertz CT molecular complexity index is 1300. The number of amides is 1. The minimum absolute atomic E-state index is 0.170. The van der Waals surface area contributed by atoms with Crippen LogP contribution in [-0.4, -0.2) is 20.9 Å². The fourth-order valence-corrected chi connectivity index (χ4v) is 5.22. The highest BCUT2D eigenvalue weighted by atomic mass is 35.5. The van der Waals surface area contributed by atoms with Gasteiger partial charge in [0.25, 0.3) is 15.9 Å². The summed E-state index contributed by atoms with van der Waals surface area (Å²) in [6, 6.07) is 19.8. The molecule has 0 fully saturated rings. The largest absolute Gasteiger partial charge is 0.322 e. The van der Waals surface area contributed by atoms with E-state index in [9.17, 15) is 13.2 Å². The smallest absolute Gasteiger partial charge is 0.264 e. The summed E-state index contributed by atoms with van der Waals surface area (Å²) < 4.78 is 27.7. The van der Waals surface area contributed by atoms with E-state index in [0.717, 1.165) is 5.56 Å². The number of rotatable bonds is 4. The summed E-state index contributed by atoms with van der Waals surface area (Å²) in [7, 11) is -3.74. The van der Waals surface area contributed by atoms with Crippen LogP contribution in [0.4, 0.5) is 11.4 Å². The Kier molecular flexibility index (Phi) is 5.68. The minimum Gasteiger partial charge on any atom is -0.322 e. The third-order valence-electron chi connectivity index (χ3n) is 5.07. The third kappa shape index (κ3) is 4.26. The van der Waals surface area contributed by atoms with Crippen LogP contribution in [0.2, 0.25) is 5.02 Å². The molecule has 0 saturated heterocycles. The molecular formula is C23H18ClN3O3S. The van der Waals surface area contributed by atoms with E-state index in [4.69, 9.17) is 16.9 Å². The summed E-state index contributed by atoms with van der Waals surface area (Å²) in [5, 5.41) is 12.3. The fourth-order valence-electron chi connectivity index (χ4n) is 3.56. The van der Waals surface area contributed by atoms with Gasteiger partial charge in [0.1, 0.15) is 0 Å². The van der Waals surface area contributed by atoms with Gasteiger partial charge in [0.2, 0.25) is 0 Å². The first-order chi connectivity index (χ1) is 14.9. The molecule has 0 aromatic heterocycles. The van der Waals surface area contributed by atoms with Gasteiger partial charge in [-0.2, -0.15) is 5.26 Å². The van der Waals surface area contributed by atoms with Crippen molar-refractivity contribution in [3.63, 3.8) is 0 Å². The Hall–Kier alpha value is -3.34. The van der Waals surface area contributed by atoms with Gasteiger partial charge in [0.15, 0.2) is 0 Å². The molecule has 0 aliphatic carbocycles. The zero-order chi connectivity index (χ0) is 22.0. The molecule has 0 saturated carbocycles. The van der Waals surface area contributed by atoms with Crippen molar-refractivity contribution in [2.75, 3.05) is 16.2 Å². The van der Waals surface area contributed by atoms with Crippen LogP contribution in [0.25, 0.3) is 0 Å². The average Bonchev–Trinajstić information content (AvgIpc) is 2.78. The average molecular weight is 452 g/mol. The predicted molar refractivity (Wildman–Crippen MR) is 120 cm³/mol. The molecule has 1 heterocycles. The molecule has 156 valence electrons. The second kappa shape index (κ2) is 8.42. The lowest BCUT2D eigenvalue weighted by Gasteiger charge is -2.30. The molecule has 31 heavy (non-hydrogen) atoms. The lowest BCUT2D eigenvalue weighted by atomic mass is 10.0. The molecule has 8 heteroatoms. The van der Waals surface area contributed by atoms with E-state index in [1.807, 2.05) is 6.07 Å². The first-order valence-electron chi connectivity index (χ1n) is 9.61. The van der Waals surface area contributed by atoms with E-state index in [1.165, 1.54) is 16.4 Å². The zero-order valence-electron chi connectivity index (χ0n) is 16.4. The number of hydrogen-bond donors (Lipinski definition) is 1. The Morgan fingerprint density at radius 2 is 1.84 bits per heavy atom. The number of carbonyl (C=O) groups is 1. The Morgan fingerprint density at radius 1 is 1.06 bits per heavy atom. The monoisotopic (exact) mass is 451 g/mol. The van der Waals surface area contributed by atoms with Gasteiger partial charge in [-0.25, -0.2) is 8.42 Å². The van der Waals surface area contributed by atoms with Gasteiger partial charge in [-0.3, -0.25) is 9.10 Å². The first-order valence-corrected chi connectivity index (χ1v) is 11.4. The SMILES string of the molecule is N#Cc1cccc(NC(=O)c2ccc3c(c2)CCCN3S(=O)(=O)c2ccc(Cl)cc2)c1. The zero-order valence-corrected chi connectivity index (χ0v) is 17.9. The molecule has 3 aromatic rings. The van der Waals surface area contributed by atoms with Crippen molar-refractivity contribution in [3.8, 4) is 6.07 Å². The number of nitrogens with zero attached hydrogens (tertiary/aromatic N) is 2. The van der Waals surface area contributed by atoms with Gasteiger partial charge in [-0.1, -0.05) is 17.7 Å². The lowest BCUT2D eigenvalue weighted by Crippen LogP contribution is -2.35. The molecule has 1 aliphatic rings. The van der Waals surface area contributed by atoms with E-state index in [-0.39, 0.29) is 10.8 Å². The number of sulfonamides is 1. The Balaban J connectivity index is 1.62. The number of aryl methyl sites for hydroxylation is 1. The summed E-state index contributed by atoms with van der Waals surface area (Å²) >= 11 is 5.89. The predicted octanol–water partition coefficient (Wildman–Crippen LogP) is 4.61. The molecule has 0 spiro atoms. The van der Waals surface area contributed by atoms with Crippen molar-refractivity contribution in [1.82, 2.24) is 0 Å². The summed E-state index contributed by atoms with van der Waals surface area (Å²) in [5.41, 5.74) is 2.76. The highest BCUT2D eigenvalue weighted by Gasteiger charge is 2.29. The van der Waals surface area contributed by atoms with Gasteiger partial charge >= 0.3 is 0 Å². The number of fused-ring (bicyclic) bond motifs is 1. The molecule has 4 rings (SSSR count). The van der Waals surface area contributed by atoms with Crippen LogP contribution in [0.3, 0.4) is 0 Å². The third-order valence-corrected chi connectivity index (χ3v) is 7.15. The molecule has 1 aliphatic heterocycles. The van der Waals surface area contributed by atoms with E-state index in [2.05, 4.69) is 5.32 Å². The fraction of sp³-hybridized carbons (Fsp3) is 0.130. The van der Waals surface area contributed by atoms with Gasteiger partial charge in [-0.15, -0.1) is 0 Å². The number of anilines is 2. The molecular weight excluding hydrogens is 434 g/mol. The summed E-state index contributed by atoms with van der Waals surface area (Å²) in [4.78, 5) is 12.9. The van der Waals surface area contributed by atoms with E-state index < -0.39 is 10.0 Å². The van der Waals surface area contributed by atoms with Crippen molar-refractivity contribution >= 4 is 38.9 Å². The van der Waals surface area contributed by atoms with Crippen LogP contribution in [0, 0.1) is 11.3 Å². The molecule has 6 nitrogen and oxygen atoms in total. The van der Waals surface area contributed by atoms with Crippen LogP contribution in [0.5, 0.6) is 0 Å². The van der Waals surface area contributed by atoms with Crippen molar-refractivity contribution in [2.24, 2.45) is 0 Å². The Morgan fingerprint density at radius 3 is 2.58 bits per heavy atom. The van der Waals surface area contributed by atoms with Crippen LogP contribution in [0.1, 0.15) is 27.9 Å². The number of carbonyl (C=O) groups excluding carboxylic acids is 1. The number of nitriles is 1. The maximum atomic E-state index is 13.2. The van der Waals surface area contributed by atoms with Gasteiger partial charge < -0.3 is 5.32 Å². The molecule has 1 amide bonds. The summed E-state index contributed by atoms with van der Waals surface area (Å²) in [5.74, 6) is -0.324. The second-order valence-corrected chi connectivity index (χ2v) is 9.42. The number of halogens is 1.